The number of rotatable bonds is 5. The summed E-state index contributed by atoms with van der Waals surface area (Å²) in [7, 11) is -2.92. The molecule has 0 aromatic rings. The van der Waals surface area contributed by atoms with Crippen LogP contribution in [0, 0.1) is 0 Å². The van der Waals surface area contributed by atoms with Crippen LogP contribution in [0.3, 0.4) is 0 Å². The molecule has 0 unspecified atom stereocenters. The number of nitrogens with one attached hydrogen (secondary N) is 1. The van der Waals surface area contributed by atoms with Crippen LogP contribution in [0.5, 0.6) is 0 Å². The zero-order valence-electron chi connectivity index (χ0n) is 9.53. The maximum Gasteiger partial charge on any atom is 0.154 e. The second kappa shape index (κ2) is 5.82. The first-order valence-electron chi connectivity index (χ1n) is 5.55. The molecule has 1 N–H and O–H groups in total. The highest BCUT2D eigenvalue weighted by Gasteiger charge is 2.26. The van der Waals surface area contributed by atoms with Crippen LogP contribution in [0.15, 0.2) is 0 Å². The lowest BCUT2D eigenvalue weighted by atomic mass is 10.2. The van der Waals surface area contributed by atoms with Gasteiger partial charge >= 0.3 is 0 Å². The summed E-state index contributed by atoms with van der Waals surface area (Å²) in [6.45, 7) is 5.75. The van der Waals surface area contributed by atoms with Gasteiger partial charge in [0.2, 0.25) is 0 Å². The summed E-state index contributed by atoms with van der Waals surface area (Å²) in [5.74, 6) is 0.246. The first-order chi connectivity index (χ1) is 7.02. The molecular formula is C10H21NO3S. The molecule has 1 aliphatic rings. The molecule has 0 amide bonds. The lowest BCUT2D eigenvalue weighted by Gasteiger charge is -2.22. The second-order valence-electron chi connectivity index (χ2n) is 4.29. The van der Waals surface area contributed by atoms with E-state index in [0.29, 0.717) is 38.6 Å². The number of hydrogen-bond donors (Lipinski definition) is 1. The highest BCUT2D eigenvalue weighted by molar-refractivity contribution is 7.92. The van der Waals surface area contributed by atoms with E-state index >= 15 is 0 Å². The summed E-state index contributed by atoms with van der Waals surface area (Å²) >= 11 is 0. The molecule has 0 aromatic heterocycles. The van der Waals surface area contributed by atoms with Gasteiger partial charge in [0.05, 0.1) is 11.0 Å². The Hall–Kier alpha value is -0.130. The Morgan fingerprint density at radius 1 is 1.33 bits per heavy atom. The van der Waals surface area contributed by atoms with Gasteiger partial charge in [-0.05, 0) is 12.8 Å². The molecule has 1 saturated heterocycles. The molecule has 90 valence electrons. The van der Waals surface area contributed by atoms with Crippen LogP contribution in [0.2, 0.25) is 0 Å². The Morgan fingerprint density at radius 3 is 2.47 bits per heavy atom. The lowest BCUT2D eigenvalue weighted by Crippen LogP contribution is -2.35. The Bertz CT molecular complexity index is 268. The molecule has 1 heterocycles. The van der Waals surface area contributed by atoms with Crippen LogP contribution in [0.25, 0.3) is 0 Å². The van der Waals surface area contributed by atoms with E-state index in [-0.39, 0.29) is 11.0 Å². The maximum atomic E-state index is 11.9. The van der Waals surface area contributed by atoms with Crippen molar-refractivity contribution in [2.75, 3.05) is 25.5 Å². The highest BCUT2D eigenvalue weighted by Crippen LogP contribution is 2.16. The Morgan fingerprint density at radius 2 is 1.93 bits per heavy atom. The van der Waals surface area contributed by atoms with Gasteiger partial charge in [-0.15, -0.1) is 0 Å². The van der Waals surface area contributed by atoms with Crippen molar-refractivity contribution in [1.29, 1.82) is 0 Å². The monoisotopic (exact) mass is 235 g/mol. The van der Waals surface area contributed by atoms with Crippen LogP contribution in [-0.2, 0) is 14.6 Å². The number of hydrogen-bond acceptors (Lipinski definition) is 4. The predicted molar refractivity (Wildman–Crippen MR) is 60.8 cm³/mol. The van der Waals surface area contributed by atoms with Crippen molar-refractivity contribution in [3.63, 3.8) is 0 Å². The van der Waals surface area contributed by atoms with E-state index in [4.69, 9.17) is 4.74 Å². The zero-order valence-corrected chi connectivity index (χ0v) is 10.3. The summed E-state index contributed by atoms with van der Waals surface area (Å²) < 4.78 is 28.9. The van der Waals surface area contributed by atoms with Crippen molar-refractivity contribution in [3.05, 3.63) is 0 Å². The van der Waals surface area contributed by atoms with Gasteiger partial charge in [0.25, 0.3) is 0 Å². The predicted octanol–water partition coefficient (Wildman–Crippen LogP) is 0.578. The van der Waals surface area contributed by atoms with Gasteiger partial charge in [-0.25, -0.2) is 8.42 Å². The third-order valence-electron chi connectivity index (χ3n) is 2.62. The Kier molecular flexibility index (Phi) is 5.02. The molecule has 15 heavy (non-hydrogen) atoms. The maximum absolute atomic E-state index is 11.9. The smallest absolute Gasteiger partial charge is 0.154 e. The third kappa shape index (κ3) is 4.49. The van der Waals surface area contributed by atoms with E-state index in [2.05, 4.69) is 5.32 Å². The van der Waals surface area contributed by atoms with Gasteiger partial charge in [0.15, 0.2) is 9.84 Å². The van der Waals surface area contributed by atoms with E-state index in [0.717, 1.165) is 0 Å². The highest BCUT2D eigenvalue weighted by atomic mass is 32.2. The van der Waals surface area contributed by atoms with Crippen LogP contribution in [-0.4, -0.2) is 45.2 Å². The fourth-order valence-electron chi connectivity index (χ4n) is 1.69. The summed E-state index contributed by atoms with van der Waals surface area (Å²) in [6.07, 6.45) is 1.31. The van der Waals surface area contributed by atoms with Gasteiger partial charge in [0, 0.05) is 25.8 Å². The average Bonchev–Trinajstić information content (AvgIpc) is 2.18. The van der Waals surface area contributed by atoms with E-state index < -0.39 is 9.84 Å². The molecule has 0 bridgehead atoms. The minimum Gasteiger partial charge on any atom is -0.381 e. The van der Waals surface area contributed by atoms with E-state index in [1.807, 2.05) is 13.8 Å². The molecule has 0 radical (unpaired) electrons. The number of ether oxygens (including phenoxy) is 1. The van der Waals surface area contributed by atoms with Crippen molar-refractivity contribution in [1.82, 2.24) is 5.32 Å². The summed E-state index contributed by atoms with van der Waals surface area (Å²) in [4.78, 5) is 0. The average molecular weight is 235 g/mol. The first-order valence-corrected chi connectivity index (χ1v) is 7.26. The van der Waals surface area contributed by atoms with Gasteiger partial charge in [-0.1, -0.05) is 13.8 Å². The van der Waals surface area contributed by atoms with Gasteiger partial charge < -0.3 is 10.1 Å². The van der Waals surface area contributed by atoms with Crippen molar-refractivity contribution < 1.29 is 13.2 Å². The number of sulfone groups is 1. The van der Waals surface area contributed by atoms with Crippen LogP contribution < -0.4 is 5.32 Å². The molecule has 5 heteroatoms. The Labute approximate surface area is 92.3 Å². The molecule has 0 atom stereocenters. The van der Waals surface area contributed by atoms with Gasteiger partial charge in [0.1, 0.15) is 0 Å². The van der Waals surface area contributed by atoms with Crippen LogP contribution in [0.4, 0.5) is 0 Å². The van der Waals surface area contributed by atoms with Crippen LogP contribution in [0.1, 0.15) is 26.7 Å². The Balaban J connectivity index is 2.36. The molecule has 0 aromatic carbocycles. The lowest BCUT2D eigenvalue weighted by molar-refractivity contribution is 0.0983. The first kappa shape index (κ1) is 12.9. The molecule has 4 nitrogen and oxygen atoms in total. The SMILES string of the molecule is CC(C)NCCS(=O)(=O)C1CCOCC1. The minimum absolute atomic E-state index is 0.180. The fraction of sp³-hybridized carbons (Fsp3) is 1.00. The molecule has 0 aliphatic carbocycles. The quantitative estimate of drug-likeness (QED) is 0.757. The van der Waals surface area contributed by atoms with Crippen molar-refractivity contribution >= 4 is 9.84 Å². The minimum atomic E-state index is -2.92. The molecule has 1 rings (SSSR count). The molecule has 0 spiro atoms. The normalized spacial score (nSPS) is 19.7. The molecule has 1 aliphatic heterocycles. The standard InChI is InChI=1S/C10H21NO3S/c1-9(2)11-5-8-15(12,13)10-3-6-14-7-4-10/h9-11H,3-8H2,1-2H3. The second-order valence-corrected chi connectivity index (χ2v) is 6.69. The summed E-state index contributed by atoms with van der Waals surface area (Å²) in [5.41, 5.74) is 0. The van der Waals surface area contributed by atoms with E-state index in [9.17, 15) is 8.42 Å². The molecule has 0 saturated carbocycles. The third-order valence-corrected chi connectivity index (χ3v) is 4.88. The summed E-state index contributed by atoms with van der Waals surface area (Å²) in [5, 5.41) is 2.95. The molecular weight excluding hydrogens is 214 g/mol. The van der Waals surface area contributed by atoms with E-state index in [1.54, 1.807) is 0 Å². The van der Waals surface area contributed by atoms with Crippen molar-refractivity contribution in [2.45, 2.75) is 38.0 Å². The fourth-order valence-corrected chi connectivity index (χ4v) is 3.34. The van der Waals surface area contributed by atoms with Gasteiger partial charge in [-0.3, -0.25) is 0 Å². The summed E-state index contributed by atoms with van der Waals surface area (Å²) in [6, 6.07) is 0.342. The zero-order chi connectivity index (χ0) is 11.3. The largest absolute Gasteiger partial charge is 0.381 e. The van der Waals surface area contributed by atoms with Gasteiger partial charge in [-0.2, -0.15) is 0 Å². The van der Waals surface area contributed by atoms with E-state index in [1.165, 1.54) is 0 Å². The topological polar surface area (TPSA) is 55.4 Å². The van der Waals surface area contributed by atoms with Crippen LogP contribution >= 0.6 is 0 Å². The molecule has 1 fully saturated rings. The van der Waals surface area contributed by atoms with Crippen molar-refractivity contribution in [2.24, 2.45) is 0 Å². The van der Waals surface area contributed by atoms with Crippen molar-refractivity contribution in [3.8, 4) is 0 Å².